The topological polar surface area (TPSA) is 32.3 Å². The quantitative estimate of drug-likeness (QED) is 0.818. The minimum absolute atomic E-state index is 0.368. The van der Waals surface area contributed by atoms with Crippen LogP contribution in [0.25, 0.3) is 0 Å². The van der Waals surface area contributed by atoms with E-state index in [2.05, 4.69) is 10.2 Å². The van der Waals surface area contributed by atoms with Crippen molar-refractivity contribution < 1.29 is 4.79 Å². The summed E-state index contributed by atoms with van der Waals surface area (Å²) in [5.41, 5.74) is 0. The zero-order valence-corrected chi connectivity index (χ0v) is 11.4. The van der Waals surface area contributed by atoms with Gasteiger partial charge in [0.05, 0.1) is 0 Å². The molecule has 1 atom stereocenters. The summed E-state index contributed by atoms with van der Waals surface area (Å²) in [4.78, 5) is 14.3. The summed E-state index contributed by atoms with van der Waals surface area (Å²) >= 11 is 1.97. The number of thioether (sulfide) groups is 1. The van der Waals surface area contributed by atoms with E-state index < -0.39 is 0 Å². The molecule has 1 amide bonds. The predicted molar refractivity (Wildman–Crippen MR) is 73.4 cm³/mol. The number of nitrogens with one attached hydrogen (secondary N) is 1. The summed E-state index contributed by atoms with van der Waals surface area (Å²) in [6.45, 7) is 3.03. The van der Waals surface area contributed by atoms with Crippen molar-refractivity contribution in [3.05, 3.63) is 0 Å². The molecular formula is C13H24N2OS. The van der Waals surface area contributed by atoms with Crippen molar-refractivity contribution in [1.82, 2.24) is 10.2 Å². The summed E-state index contributed by atoms with van der Waals surface area (Å²) in [6, 6.07) is 0.409. The Morgan fingerprint density at radius 1 is 1.18 bits per heavy atom. The molecule has 1 N–H and O–H groups in total. The highest BCUT2D eigenvalue weighted by Gasteiger charge is 2.21. The van der Waals surface area contributed by atoms with E-state index in [9.17, 15) is 4.79 Å². The van der Waals surface area contributed by atoms with E-state index >= 15 is 0 Å². The van der Waals surface area contributed by atoms with E-state index in [0.717, 1.165) is 25.4 Å². The van der Waals surface area contributed by atoms with Crippen LogP contribution in [0.5, 0.6) is 0 Å². The lowest BCUT2D eigenvalue weighted by molar-refractivity contribution is -0.132. The molecule has 0 radical (unpaired) electrons. The summed E-state index contributed by atoms with van der Waals surface area (Å²) < 4.78 is 0. The van der Waals surface area contributed by atoms with E-state index in [1.165, 1.54) is 37.9 Å². The van der Waals surface area contributed by atoms with Crippen LogP contribution in [0.1, 0.15) is 38.5 Å². The van der Waals surface area contributed by atoms with E-state index in [4.69, 9.17) is 0 Å². The maximum absolute atomic E-state index is 12.2. The lowest BCUT2D eigenvalue weighted by atomic mass is 10.1. The molecule has 0 bridgehead atoms. The van der Waals surface area contributed by atoms with Crippen LogP contribution >= 0.6 is 11.8 Å². The molecule has 98 valence electrons. The van der Waals surface area contributed by atoms with Crippen LogP contribution in [0.2, 0.25) is 0 Å². The molecule has 1 unspecified atom stereocenters. The van der Waals surface area contributed by atoms with Crippen LogP contribution in [0, 0.1) is 0 Å². The van der Waals surface area contributed by atoms with Gasteiger partial charge < -0.3 is 10.2 Å². The first-order chi connectivity index (χ1) is 8.36. The zero-order valence-electron chi connectivity index (χ0n) is 10.6. The Bertz CT molecular complexity index is 234. The Labute approximate surface area is 109 Å². The first-order valence-electron chi connectivity index (χ1n) is 6.95. The van der Waals surface area contributed by atoms with Gasteiger partial charge in [0.15, 0.2) is 0 Å². The van der Waals surface area contributed by atoms with Gasteiger partial charge in [0.25, 0.3) is 0 Å². The Morgan fingerprint density at radius 2 is 1.88 bits per heavy atom. The van der Waals surface area contributed by atoms with E-state index in [0.29, 0.717) is 18.4 Å². The number of nitrogens with zero attached hydrogens (tertiary/aromatic N) is 1. The van der Waals surface area contributed by atoms with Crippen molar-refractivity contribution in [2.24, 2.45) is 0 Å². The predicted octanol–water partition coefficient (Wildman–Crippen LogP) is 1.87. The van der Waals surface area contributed by atoms with Crippen LogP contribution in [-0.4, -0.2) is 48.0 Å². The van der Waals surface area contributed by atoms with Gasteiger partial charge in [-0.3, -0.25) is 4.79 Å². The monoisotopic (exact) mass is 256 g/mol. The molecule has 17 heavy (non-hydrogen) atoms. The number of rotatable bonds is 2. The smallest absolute Gasteiger partial charge is 0.224 e. The minimum atomic E-state index is 0.368. The van der Waals surface area contributed by atoms with Gasteiger partial charge in [0.2, 0.25) is 5.91 Å². The van der Waals surface area contributed by atoms with Crippen molar-refractivity contribution in [2.75, 3.05) is 31.1 Å². The molecule has 2 rings (SSSR count). The minimum Gasteiger partial charge on any atom is -0.343 e. The summed E-state index contributed by atoms with van der Waals surface area (Å²) in [6.07, 6.45) is 7.02. The fourth-order valence-electron chi connectivity index (χ4n) is 2.59. The highest BCUT2D eigenvalue weighted by molar-refractivity contribution is 7.99. The lowest BCUT2D eigenvalue weighted by Gasteiger charge is -2.28. The summed E-state index contributed by atoms with van der Waals surface area (Å²) in [5, 5.41) is 3.45. The molecule has 0 saturated carbocycles. The van der Waals surface area contributed by atoms with Gasteiger partial charge in [-0.25, -0.2) is 0 Å². The number of hydrogen-bond acceptors (Lipinski definition) is 3. The third kappa shape index (κ3) is 4.51. The first kappa shape index (κ1) is 13.2. The molecule has 0 aliphatic carbocycles. The van der Waals surface area contributed by atoms with Gasteiger partial charge in [0.1, 0.15) is 0 Å². The Balaban J connectivity index is 1.76. The summed E-state index contributed by atoms with van der Waals surface area (Å²) in [7, 11) is 0. The molecule has 2 fully saturated rings. The SMILES string of the molecule is O=C(CC1CSCCN1)N1CCCCCCC1. The number of likely N-dealkylation sites (tertiary alicyclic amines) is 1. The van der Waals surface area contributed by atoms with Crippen molar-refractivity contribution >= 4 is 17.7 Å². The molecule has 4 heteroatoms. The third-order valence-electron chi connectivity index (χ3n) is 3.63. The third-order valence-corrected chi connectivity index (χ3v) is 4.76. The Hall–Kier alpha value is -0.220. The molecule has 0 spiro atoms. The molecule has 2 aliphatic heterocycles. The molecular weight excluding hydrogens is 232 g/mol. The lowest BCUT2D eigenvalue weighted by Crippen LogP contribution is -2.43. The first-order valence-corrected chi connectivity index (χ1v) is 8.10. The van der Waals surface area contributed by atoms with Gasteiger partial charge in [0, 0.05) is 43.6 Å². The molecule has 0 aromatic carbocycles. The maximum atomic E-state index is 12.2. The molecule has 2 saturated heterocycles. The van der Waals surface area contributed by atoms with Crippen LogP contribution in [0.15, 0.2) is 0 Å². The molecule has 3 nitrogen and oxygen atoms in total. The highest BCUT2D eigenvalue weighted by Crippen LogP contribution is 2.14. The van der Waals surface area contributed by atoms with Gasteiger partial charge >= 0.3 is 0 Å². The number of carbonyl (C=O) groups is 1. The normalized spacial score (nSPS) is 27.3. The second kappa shape index (κ2) is 7.27. The average molecular weight is 256 g/mol. The average Bonchev–Trinajstić information content (AvgIpc) is 2.29. The van der Waals surface area contributed by atoms with Crippen LogP contribution in [0.3, 0.4) is 0 Å². The van der Waals surface area contributed by atoms with E-state index in [1.807, 2.05) is 11.8 Å². The highest BCUT2D eigenvalue weighted by atomic mass is 32.2. The van der Waals surface area contributed by atoms with Crippen LogP contribution < -0.4 is 5.32 Å². The molecule has 2 aliphatic rings. The van der Waals surface area contributed by atoms with E-state index in [-0.39, 0.29) is 0 Å². The van der Waals surface area contributed by atoms with Crippen molar-refractivity contribution in [3.63, 3.8) is 0 Å². The van der Waals surface area contributed by atoms with Crippen LogP contribution in [0.4, 0.5) is 0 Å². The molecule has 2 heterocycles. The fraction of sp³-hybridized carbons (Fsp3) is 0.923. The number of hydrogen-bond donors (Lipinski definition) is 1. The maximum Gasteiger partial charge on any atom is 0.224 e. The standard InChI is InChI=1S/C13H24N2OS/c16-13(10-12-11-17-9-6-14-12)15-7-4-2-1-3-5-8-15/h12,14H,1-11H2. The Morgan fingerprint density at radius 3 is 2.53 bits per heavy atom. The van der Waals surface area contributed by atoms with Crippen molar-refractivity contribution in [1.29, 1.82) is 0 Å². The van der Waals surface area contributed by atoms with Gasteiger partial charge in [-0.2, -0.15) is 11.8 Å². The number of carbonyl (C=O) groups excluding carboxylic acids is 1. The van der Waals surface area contributed by atoms with Crippen LogP contribution in [-0.2, 0) is 4.79 Å². The van der Waals surface area contributed by atoms with E-state index in [1.54, 1.807) is 0 Å². The largest absolute Gasteiger partial charge is 0.343 e. The zero-order chi connectivity index (χ0) is 11.9. The van der Waals surface area contributed by atoms with Crippen molar-refractivity contribution in [2.45, 2.75) is 44.6 Å². The fourth-order valence-corrected chi connectivity index (χ4v) is 3.54. The van der Waals surface area contributed by atoms with Gasteiger partial charge in [-0.1, -0.05) is 19.3 Å². The molecule has 0 aromatic heterocycles. The Kier molecular flexibility index (Phi) is 5.65. The van der Waals surface area contributed by atoms with Crippen molar-refractivity contribution in [3.8, 4) is 0 Å². The second-order valence-electron chi connectivity index (χ2n) is 5.08. The molecule has 0 aromatic rings. The second-order valence-corrected chi connectivity index (χ2v) is 6.23. The van der Waals surface area contributed by atoms with Gasteiger partial charge in [-0.15, -0.1) is 0 Å². The van der Waals surface area contributed by atoms with Gasteiger partial charge in [-0.05, 0) is 12.8 Å². The number of amides is 1. The summed E-state index contributed by atoms with van der Waals surface area (Å²) in [5.74, 6) is 2.65.